The van der Waals surface area contributed by atoms with Crippen molar-refractivity contribution in [3.8, 4) is 5.82 Å². The van der Waals surface area contributed by atoms with Crippen LogP contribution in [0.3, 0.4) is 0 Å². The first-order valence-corrected chi connectivity index (χ1v) is 6.74. The summed E-state index contributed by atoms with van der Waals surface area (Å²) in [5, 5.41) is 7.60. The van der Waals surface area contributed by atoms with Gasteiger partial charge in [0.2, 0.25) is 0 Å². The van der Waals surface area contributed by atoms with Gasteiger partial charge in [-0.2, -0.15) is 5.10 Å². The van der Waals surface area contributed by atoms with Crippen LogP contribution in [-0.2, 0) is 6.54 Å². The van der Waals surface area contributed by atoms with Crippen molar-refractivity contribution in [2.24, 2.45) is 0 Å². The summed E-state index contributed by atoms with van der Waals surface area (Å²) in [6.45, 7) is 0.300. The van der Waals surface area contributed by atoms with Crippen LogP contribution in [0.15, 0.2) is 55.0 Å². The molecule has 0 bridgehead atoms. The van der Waals surface area contributed by atoms with Gasteiger partial charge in [0.05, 0.1) is 11.9 Å². The van der Waals surface area contributed by atoms with E-state index in [0.29, 0.717) is 17.1 Å². The Morgan fingerprint density at radius 2 is 2.10 bits per heavy atom. The van der Waals surface area contributed by atoms with Crippen LogP contribution >= 0.6 is 11.6 Å². The molecule has 4 nitrogen and oxygen atoms in total. The monoisotopic (exact) mass is 302 g/mol. The minimum absolute atomic E-state index is 0.300. The van der Waals surface area contributed by atoms with Crippen LogP contribution in [0.5, 0.6) is 0 Å². The van der Waals surface area contributed by atoms with Crippen molar-refractivity contribution >= 4 is 17.3 Å². The van der Waals surface area contributed by atoms with Gasteiger partial charge in [-0.1, -0.05) is 17.7 Å². The molecular weight excluding hydrogens is 291 g/mol. The molecule has 6 heteroatoms. The van der Waals surface area contributed by atoms with E-state index in [-0.39, 0.29) is 5.82 Å². The second kappa shape index (κ2) is 5.93. The summed E-state index contributed by atoms with van der Waals surface area (Å²) in [5.41, 5.74) is 1.22. The van der Waals surface area contributed by atoms with E-state index in [0.717, 1.165) is 11.5 Å². The minimum atomic E-state index is -0.323. The molecule has 3 rings (SSSR count). The Labute approximate surface area is 126 Å². The molecule has 0 radical (unpaired) electrons. The lowest BCUT2D eigenvalue weighted by Gasteiger charge is -2.09. The quantitative estimate of drug-likeness (QED) is 0.799. The van der Waals surface area contributed by atoms with Gasteiger partial charge in [0.1, 0.15) is 5.82 Å². The molecule has 1 aromatic carbocycles. The molecule has 0 atom stereocenters. The highest BCUT2D eigenvalue weighted by Gasteiger charge is 2.06. The zero-order valence-electron chi connectivity index (χ0n) is 11.0. The fraction of sp³-hybridized carbons (Fsp3) is 0.0667. The first-order chi connectivity index (χ1) is 10.2. The molecule has 106 valence electrons. The highest BCUT2D eigenvalue weighted by Crippen LogP contribution is 2.20. The smallest absolute Gasteiger partial charge is 0.153 e. The number of hydrogen-bond acceptors (Lipinski definition) is 3. The number of nitrogens with one attached hydrogen (secondary N) is 1. The van der Waals surface area contributed by atoms with Gasteiger partial charge < -0.3 is 5.32 Å². The number of halogens is 2. The van der Waals surface area contributed by atoms with E-state index in [9.17, 15) is 4.39 Å². The molecule has 2 heterocycles. The predicted octanol–water partition coefficient (Wildman–Crippen LogP) is 3.67. The SMILES string of the molecule is Fc1cccc(Cl)c1CNc1ccc(-n2cccn2)nc1. The Balaban J connectivity index is 1.71. The fourth-order valence-corrected chi connectivity index (χ4v) is 2.15. The summed E-state index contributed by atoms with van der Waals surface area (Å²) >= 11 is 5.98. The molecule has 0 saturated heterocycles. The van der Waals surface area contributed by atoms with E-state index in [1.807, 2.05) is 24.4 Å². The number of hydrogen-bond donors (Lipinski definition) is 1. The molecule has 3 aromatic rings. The van der Waals surface area contributed by atoms with Crippen molar-refractivity contribution in [3.63, 3.8) is 0 Å². The van der Waals surface area contributed by atoms with Crippen molar-refractivity contribution in [3.05, 3.63) is 71.4 Å². The lowest BCUT2D eigenvalue weighted by molar-refractivity contribution is 0.613. The van der Waals surface area contributed by atoms with Crippen molar-refractivity contribution in [1.82, 2.24) is 14.8 Å². The Bertz CT molecular complexity index is 706. The van der Waals surface area contributed by atoms with Crippen molar-refractivity contribution in [2.75, 3.05) is 5.32 Å². The lowest BCUT2D eigenvalue weighted by atomic mass is 10.2. The van der Waals surface area contributed by atoms with Crippen molar-refractivity contribution in [1.29, 1.82) is 0 Å². The van der Waals surface area contributed by atoms with Crippen LogP contribution in [0.4, 0.5) is 10.1 Å². The van der Waals surface area contributed by atoms with Gasteiger partial charge in [0.15, 0.2) is 5.82 Å². The molecule has 0 amide bonds. The lowest BCUT2D eigenvalue weighted by Crippen LogP contribution is -2.04. The fourth-order valence-electron chi connectivity index (χ4n) is 1.92. The largest absolute Gasteiger partial charge is 0.380 e. The predicted molar refractivity (Wildman–Crippen MR) is 80.1 cm³/mol. The van der Waals surface area contributed by atoms with Crippen molar-refractivity contribution < 1.29 is 4.39 Å². The first-order valence-electron chi connectivity index (χ1n) is 6.37. The standard InChI is InChI=1S/C15H12ClFN4/c16-13-3-1-4-14(17)12(13)10-18-11-5-6-15(19-9-11)21-8-2-7-20-21/h1-9,18H,10H2. The normalized spacial score (nSPS) is 10.6. The van der Waals surface area contributed by atoms with Gasteiger partial charge in [-0.3, -0.25) is 0 Å². The molecule has 0 unspecified atom stereocenters. The van der Waals surface area contributed by atoms with E-state index in [1.54, 1.807) is 29.2 Å². The van der Waals surface area contributed by atoms with Gasteiger partial charge >= 0.3 is 0 Å². The summed E-state index contributed by atoms with van der Waals surface area (Å²) in [4.78, 5) is 4.29. The molecule has 1 N–H and O–H groups in total. The molecule has 21 heavy (non-hydrogen) atoms. The van der Waals surface area contributed by atoms with Crippen LogP contribution in [0.1, 0.15) is 5.56 Å². The number of pyridine rings is 1. The van der Waals surface area contributed by atoms with Crippen LogP contribution in [-0.4, -0.2) is 14.8 Å². The summed E-state index contributed by atoms with van der Waals surface area (Å²) in [6, 6.07) is 10.2. The average Bonchev–Trinajstić information content (AvgIpc) is 3.02. The molecule has 0 aliphatic rings. The molecule has 2 aromatic heterocycles. The van der Waals surface area contributed by atoms with Crippen LogP contribution in [0.2, 0.25) is 5.02 Å². The van der Waals surface area contributed by atoms with E-state index >= 15 is 0 Å². The number of nitrogens with zero attached hydrogens (tertiary/aromatic N) is 3. The topological polar surface area (TPSA) is 42.7 Å². The van der Waals surface area contributed by atoms with E-state index in [2.05, 4.69) is 15.4 Å². The Hall–Kier alpha value is -2.40. The molecule has 0 aliphatic heterocycles. The number of benzene rings is 1. The maximum Gasteiger partial charge on any atom is 0.153 e. The van der Waals surface area contributed by atoms with Gasteiger partial charge in [-0.05, 0) is 30.3 Å². The average molecular weight is 303 g/mol. The van der Waals surface area contributed by atoms with Crippen LogP contribution < -0.4 is 5.32 Å². The highest BCUT2D eigenvalue weighted by atomic mass is 35.5. The molecule has 0 spiro atoms. The minimum Gasteiger partial charge on any atom is -0.380 e. The maximum absolute atomic E-state index is 13.7. The Morgan fingerprint density at radius 3 is 2.76 bits per heavy atom. The van der Waals surface area contributed by atoms with Gasteiger partial charge in [-0.25, -0.2) is 14.1 Å². The summed E-state index contributed by atoms with van der Waals surface area (Å²) in [7, 11) is 0. The van der Waals surface area contributed by atoms with Crippen LogP contribution in [0.25, 0.3) is 5.82 Å². The molecule has 0 fully saturated rings. The number of anilines is 1. The third kappa shape index (κ3) is 3.03. The second-order valence-corrected chi connectivity index (χ2v) is 4.82. The summed E-state index contributed by atoms with van der Waals surface area (Å²) in [5.74, 6) is 0.394. The molecule has 0 aliphatic carbocycles. The van der Waals surface area contributed by atoms with Crippen molar-refractivity contribution in [2.45, 2.75) is 6.54 Å². The van der Waals surface area contributed by atoms with E-state index < -0.39 is 0 Å². The zero-order chi connectivity index (χ0) is 14.7. The number of aromatic nitrogens is 3. The third-order valence-corrected chi connectivity index (χ3v) is 3.37. The number of rotatable bonds is 4. The van der Waals surface area contributed by atoms with Gasteiger partial charge in [0, 0.05) is 29.5 Å². The molecule has 0 saturated carbocycles. The van der Waals surface area contributed by atoms with Crippen LogP contribution in [0, 0.1) is 5.82 Å². The van der Waals surface area contributed by atoms with E-state index in [1.165, 1.54) is 6.07 Å². The summed E-state index contributed by atoms with van der Waals surface area (Å²) in [6.07, 6.45) is 5.17. The maximum atomic E-state index is 13.7. The zero-order valence-corrected chi connectivity index (χ0v) is 11.8. The van der Waals surface area contributed by atoms with Gasteiger partial charge in [-0.15, -0.1) is 0 Å². The van der Waals surface area contributed by atoms with Gasteiger partial charge in [0.25, 0.3) is 0 Å². The molecular formula is C15H12ClFN4. The summed E-state index contributed by atoms with van der Waals surface area (Å²) < 4.78 is 15.3. The first kappa shape index (κ1) is 13.6. The Kier molecular flexibility index (Phi) is 3.83. The van der Waals surface area contributed by atoms with E-state index in [4.69, 9.17) is 11.6 Å². The Morgan fingerprint density at radius 1 is 1.19 bits per heavy atom. The highest BCUT2D eigenvalue weighted by molar-refractivity contribution is 6.31. The third-order valence-electron chi connectivity index (χ3n) is 3.02. The second-order valence-electron chi connectivity index (χ2n) is 4.41.